The average molecular weight is 586 g/mol. The standard InChI is InChI=1S/C31H27N3O5S2/c1-22-14-18-26(19-15-22)41(38,39)34(2)30-13-6-5-11-28(30)31(35)32-24-16-20-25(21-17-24)40(36,37)33-29-12-7-9-23-8-3-4-10-27(23)29/h3-21,33H,1-2H3,(H,32,35). The summed E-state index contributed by atoms with van der Waals surface area (Å²) in [4.78, 5) is 13.4. The molecule has 1 amide bonds. The molecule has 5 aromatic rings. The zero-order valence-corrected chi connectivity index (χ0v) is 23.9. The summed E-state index contributed by atoms with van der Waals surface area (Å²) in [6.07, 6.45) is 0. The molecule has 0 heterocycles. The number of rotatable bonds is 8. The first-order valence-corrected chi connectivity index (χ1v) is 15.6. The fraction of sp³-hybridized carbons (Fsp3) is 0.0645. The van der Waals surface area contributed by atoms with Crippen molar-refractivity contribution in [3.05, 3.63) is 126 Å². The largest absolute Gasteiger partial charge is 0.322 e. The van der Waals surface area contributed by atoms with E-state index >= 15 is 0 Å². The molecule has 5 rings (SSSR count). The third-order valence-corrected chi connectivity index (χ3v) is 9.79. The lowest BCUT2D eigenvalue weighted by Crippen LogP contribution is -2.29. The molecule has 10 heteroatoms. The maximum absolute atomic E-state index is 13.2. The number of benzene rings is 5. The molecule has 5 aromatic carbocycles. The Morgan fingerprint density at radius 1 is 0.683 bits per heavy atom. The molecule has 0 radical (unpaired) electrons. The first-order chi connectivity index (χ1) is 19.6. The molecule has 8 nitrogen and oxygen atoms in total. The second kappa shape index (κ2) is 11.1. The van der Waals surface area contributed by atoms with E-state index in [1.807, 2.05) is 37.3 Å². The number of sulfonamides is 2. The van der Waals surface area contributed by atoms with E-state index < -0.39 is 26.0 Å². The number of para-hydroxylation sites is 1. The van der Waals surface area contributed by atoms with Crippen LogP contribution < -0.4 is 14.3 Å². The van der Waals surface area contributed by atoms with Crippen molar-refractivity contribution in [2.45, 2.75) is 16.7 Å². The average Bonchev–Trinajstić information content (AvgIpc) is 2.97. The number of nitrogens with one attached hydrogen (secondary N) is 2. The van der Waals surface area contributed by atoms with E-state index in [1.165, 1.54) is 49.5 Å². The molecule has 0 aliphatic heterocycles. The van der Waals surface area contributed by atoms with Gasteiger partial charge in [-0.1, -0.05) is 66.2 Å². The predicted octanol–water partition coefficient (Wildman–Crippen LogP) is 6.03. The van der Waals surface area contributed by atoms with Gasteiger partial charge in [0.25, 0.3) is 26.0 Å². The number of carbonyl (C=O) groups excluding carboxylic acids is 1. The van der Waals surface area contributed by atoms with Gasteiger partial charge in [0.05, 0.1) is 26.7 Å². The molecule has 0 bridgehead atoms. The normalized spacial score (nSPS) is 11.7. The van der Waals surface area contributed by atoms with E-state index in [4.69, 9.17) is 0 Å². The molecule has 0 spiro atoms. The van der Waals surface area contributed by atoms with Crippen LogP contribution in [0.1, 0.15) is 15.9 Å². The van der Waals surface area contributed by atoms with Crippen LogP contribution in [0, 0.1) is 6.92 Å². The summed E-state index contributed by atoms with van der Waals surface area (Å²) in [6, 6.07) is 31.4. The molecule has 0 saturated carbocycles. The van der Waals surface area contributed by atoms with Crippen LogP contribution in [0.3, 0.4) is 0 Å². The topological polar surface area (TPSA) is 113 Å². The maximum atomic E-state index is 13.2. The van der Waals surface area contributed by atoms with Crippen LogP contribution in [-0.4, -0.2) is 29.8 Å². The lowest BCUT2D eigenvalue weighted by atomic mass is 10.1. The molecule has 208 valence electrons. The quantitative estimate of drug-likeness (QED) is 0.231. The Morgan fingerprint density at radius 3 is 2.02 bits per heavy atom. The van der Waals surface area contributed by atoms with Crippen LogP contribution in [0.2, 0.25) is 0 Å². The van der Waals surface area contributed by atoms with Crippen LogP contribution in [0.4, 0.5) is 17.1 Å². The van der Waals surface area contributed by atoms with Crippen LogP contribution in [-0.2, 0) is 20.0 Å². The number of hydrogen-bond donors (Lipinski definition) is 2. The first-order valence-electron chi connectivity index (χ1n) is 12.6. The van der Waals surface area contributed by atoms with Crippen LogP contribution >= 0.6 is 0 Å². The molecule has 0 atom stereocenters. The summed E-state index contributed by atoms with van der Waals surface area (Å²) in [5.74, 6) is -0.545. The molecular formula is C31H27N3O5S2. The SMILES string of the molecule is Cc1ccc(S(=O)(=O)N(C)c2ccccc2C(=O)Nc2ccc(S(=O)(=O)Nc3cccc4ccccc34)cc2)cc1. The number of carbonyl (C=O) groups is 1. The summed E-state index contributed by atoms with van der Waals surface area (Å²) >= 11 is 0. The summed E-state index contributed by atoms with van der Waals surface area (Å²) in [5, 5.41) is 4.41. The van der Waals surface area contributed by atoms with E-state index in [2.05, 4.69) is 10.0 Å². The molecule has 0 fully saturated rings. The van der Waals surface area contributed by atoms with Crippen molar-refractivity contribution in [1.29, 1.82) is 0 Å². The van der Waals surface area contributed by atoms with Crippen LogP contribution in [0.15, 0.2) is 125 Å². The van der Waals surface area contributed by atoms with Gasteiger partial charge in [0.2, 0.25) is 0 Å². The summed E-state index contributed by atoms with van der Waals surface area (Å²) < 4.78 is 56.4. The fourth-order valence-corrected chi connectivity index (χ4v) is 6.67. The molecule has 0 unspecified atom stereocenters. The van der Waals surface area contributed by atoms with E-state index in [-0.39, 0.29) is 21.0 Å². The molecule has 41 heavy (non-hydrogen) atoms. The highest BCUT2D eigenvalue weighted by Gasteiger charge is 2.25. The summed E-state index contributed by atoms with van der Waals surface area (Å²) in [5.41, 5.74) is 2.07. The first kappa shape index (κ1) is 27.9. The number of nitrogens with zero attached hydrogens (tertiary/aromatic N) is 1. The second-order valence-corrected chi connectivity index (χ2v) is 13.1. The molecule has 0 aliphatic carbocycles. The Hall–Kier alpha value is -4.67. The van der Waals surface area contributed by atoms with Crippen LogP contribution in [0.5, 0.6) is 0 Å². The van der Waals surface area contributed by atoms with Gasteiger partial charge in [-0.15, -0.1) is 0 Å². The molecule has 0 aromatic heterocycles. The van der Waals surface area contributed by atoms with Crippen molar-refractivity contribution >= 4 is 53.8 Å². The Kier molecular flexibility index (Phi) is 7.53. The van der Waals surface area contributed by atoms with Crippen molar-refractivity contribution in [2.24, 2.45) is 0 Å². The van der Waals surface area contributed by atoms with Gasteiger partial charge in [0.1, 0.15) is 0 Å². The van der Waals surface area contributed by atoms with Gasteiger partial charge in [-0.2, -0.15) is 0 Å². The minimum Gasteiger partial charge on any atom is -0.322 e. The van der Waals surface area contributed by atoms with Crippen molar-refractivity contribution in [1.82, 2.24) is 0 Å². The smallest absolute Gasteiger partial charge is 0.264 e. The highest BCUT2D eigenvalue weighted by molar-refractivity contribution is 7.93. The van der Waals surface area contributed by atoms with Gasteiger partial charge in [0, 0.05) is 18.1 Å². The second-order valence-electron chi connectivity index (χ2n) is 9.41. The van der Waals surface area contributed by atoms with E-state index in [9.17, 15) is 21.6 Å². The number of aryl methyl sites for hydroxylation is 1. The van der Waals surface area contributed by atoms with Gasteiger partial charge in [0.15, 0.2) is 0 Å². The summed E-state index contributed by atoms with van der Waals surface area (Å²) in [6.45, 7) is 1.86. The highest BCUT2D eigenvalue weighted by atomic mass is 32.2. The third-order valence-electron chi connectivity index (χ3n) is 6.62. The number of anilines is 3. The minimum absolute atomic E-state index is 0.0211. The van der Waals surface area contributed by atoms with E-state index in [1.54, 1.807) is 42.5 Å². The van der Waals surface area contributed by atoms with Gasteiger partial charge >= 0.3 is 0 Å². The monoisotopic (exact) mass is 585 g/mol. The Labute approximate surface area is 239 Å². The van der Waals surface area contributed by atoms with Crippen molar-refractivity contribution in [3.8, 4) is 0 Å². The van der Waals surface area contributed by atoms with E-state index in [0.717, 1.165) is 20.6 Å². The highest BCUT2D eigenvalue weighted by Crippen LogP contribution is 2.28. The van der Waals surface area contributed by atoms with Crippen molar-refractivity contribution in [3.63, 3.8) is 0 Å². The Bertz CT molecular complexity index is 1950. The Morgan fingerprint density at radius 2 is 1.29 bits per heavy atom. The zero-order valence-electron chi connectivity index (χ0n) is 22.3. The van der Waals surface area contributed by atoms with E-state index in [0.29, 0.717) is 11.4 Å². The summed E-state index contributed by atoms with van der Waals surface area (Å²) in [7, 11) is -6.43. The number of hydrogen-bond acceptors (Lipinski definition) is 5. The van der Waals surface area contributed by atoms with Gasteiger partial charge < -0.3 is 5.32 Å². The lowest BCUT2D eigenvalue weighted by Gasteiger charge is -2.22. The number of amides is 1. The number of fused-ring (bicyclic) bond motifs is 1. The molecule has 0 aliphatic rings. The maximum Gasteiger partial charge on any atom is 0.264 e. The third kappa shape index (κ3) is 5.79. The Balaban J connectivity index is 1.35. The minimum atomic E-state index is -3.92. The molecule has 2 N–H and O–H groups in total. The predicted molar refractivity (Wildman–Crippen MR) is 162 cm³/mol. The molecule has 0 saturated heterocycles. The van der Waals surface area contributed by atoms with Gasteiger partial charge in [-0.05, 0) is 66.9 Å². The zero-order chi connectivity index (χ0) is 29.2. The van der Waals surface area contributed by atoms with Crippen molar-refractivity contribution < 1.29 is 21.6 Å². The lowest BCUT2D eigenvalue weighted by molar-refractivity contribution is 0.102. The molecular weight excluding hydrogens is 558 g/mol. The van der Waals surface area contributed by atoms with Gasteiger partial charge in [-0.25, -0.2) is 16.8 Å². The van der Waals surface area contributed by atoms with Gasteiger partial charge in [-0.3, -0.25) is 13.8 Å². The fourth-order valence-electron chi connectivity index (χ4n) is 4.37. The van der Waals surface area contributed by atoms with Crippen molar-refractivity contribution in [2.75, 3.05) is 21.4 Å². The van der Waals surface area contributed by atoms with Crippen LogP contribution in [0.25, 0.3) is 10.8 Å².